The largest absolute Gasteiger partial charge is 0.455 e. The van der Waals surface area contributed by atoms with Crippen LogP contribution in [0, 0.1) is 0 Å². The summed E-state index contributed by atoms with van der Waals surface area (Å²) in [6.07, 6.45) is 1.92. The smallest absolute Gasteiger partial charge is 0.310 e. The number of carbonyl (C=O) groups excluding carboxylic acids is 2. The third-order valence-electron chi connectivity index (χ3n) is 5.04. The van der Waals surface area contributed by atoms with Crippen molar-refractivity contribution in [3.8, 4) is 0 Å². The lowest BCUT2D eigenvalue weighted by atomic mass is 10.00. The van der Waals surface area contributed by atoms with Gasteiger partial charge in [0.15, 0.2) is 6.61 Å². The second-order valence-corrected chi connectivity index (χ2v) is 7.05. The molecule has 146 valence electrons. The first-order valence-corrected chi connectivity index (χ1v) is 9.59. The first-order chi connectivity index (χ1) is 14.1. The summed E-state index contributed by atoms with van der Waals surface area (Å²) in [6, 6.07) is 21.6. The molecule has 0 aliphatic rings. The molecule has 0 aliphatic heterocycles. The quantitative estimate of drug-likeness (QED) is 0.486. The van der Waals surface area contributed by atoms with Crippen LogP contribution in [0.5, 0.6) is 0 Å². The Kier molecular flexibility index (Phi) is 5.29. The molecule has 5 heteroatoms. The highest BCUT2D eigenvalue weighted by Gasteiger charge is 2.15. The molecule has 0 saturated heterocycles. The Morgan fingerprint density at radius 2 is 1.69 bits per heavy atom. The zero-order valence-electron chi connectivity index (χ0n) is 16.1. The van der Waals surface area contributed by atoms with Crippen molar-refractivity contribution < 1.29 is 14.3 Å². The lowest BCUT2D eigenvalue weighted by Crippen LogP contribution is -2.31. The van der Waals surface area contributed by atoms with Gasteiger partial charge in [0.25, 0.3) is 5.91 Å². The Morgan fingerprint density at radius 3 is 2.55 bits per heavy atom. The molecule has 0 fully saturated rings. The number of benzene rings is 3. The van der Waals surface area contributed by atoms with E-state index in [1.54, 1.807) is 6.20 Å². The fourth-order valence-corrected chi connectivity index (χ4v) is 3.62. The van der Waals surface area contributed by atoms with Gasteiger partial charge >= 0.3 is 5.97 Å². The number of amides is 1. The second kappa shape index (κ2) is 8.19. The molecule has 1 amide bonds. The monoisotopic (exact) mass is 386 g/mol. The maximum Gasteiger partial charge on any atom is 0.310 e. The van der Waals surface area contributed by atoms with Gasteiger partial charge in [-0.3, -0.25) is 9.59 Å². The number of hydrogen-bond acceptors (Lipinski definition) is 3. The second-order valence-electron chi connectivity index (χ2n) is 7.05. The molecule has 5 nitrogen and oxygen atoms in total. The van der Waals surface area contributed by atoms with Crippen molar-refractivity contribution in [1.29, 1.82) is 0 Å². The summed E-state index contributed by atoms with van der Waals surface area (Å²) in [5.41, 5.74) is 2.86. The number of hydrogen-bond donors (Lipinski definition) is 2. The minimum Gasteiger partial charge on any atom is -0.455 e. The van der Waals surface area contributed by atoms with Gasteiger partial charge in [-0.2, -0.15) is 0 Å². The van der Waals surface area contributed by atoms with Crippen LogP contribution in [-0.2, 0) is 20.7 Å². The summed E-state index contributed by atoms with van der Waals surface area (Å²) in [4.78, 5) is 27.6. The van der Waals surface area contributed by atoms with E-state index < -0.39 is 5.97 Å². The van der Waals surface area contributed by atoms with E-state index in [2.05, 4.69) is 10.3 Å². The normalized spacial score (nSPS) is 12.0. The summed E-state index contributed by atoms with van der Waals surface area (Å²) in [5, 5.41) is 6.11. The summed E-state index contributed by atoms with van der Waals surface area (Å²) in [5.74, 6) is -0.750. The van der Waals surface area contributed by atoms with Crippen molar-refractivity contribution in [1.82, 2.24) is 10.3 Å². The van der Waals surface area contributed by atoms with Crippen LogP contribution in [0.25, 0.3) is 21.7 Å². The summed E-state index contributed by atoms with van der Waals surface area (Å²) < 4.78 is 5.19. The van der Waals surface area contributed by atoms with E-state index in [0.717, 1.165) is 32.8 Å². The zero-order chi connectivity index (χ0) is 20.2. The molecule has 4 aromatic rings. The number of fused-ring (bicyclic) bond motifs is 2. The number of rotatable bonds is 6. The van der Waals surface area contributed by atoms with Crippen molar-refractivity contribution in [3.05, 3.63) is 84.1 Å². The van der Waals surface area contributed by atoms with E-state index in [9.17, 15) is 9.59 Å². The van der Waals surface area contributed by atoms with Gasteiger partial charge in [0.05, 0.1) is 12.5 Å². The van der Waals surface area contributed by atoms with E-state index in [1.165, 1.54) is 0 Å². The van der Waals surface area contributed by atoms with Gasteiger partial charge in [0.1, 0.15) is 0 Å². The highest BCUT2D eigenvalue weighted by atomic mass is 16.5. The molecule has 29 heavy (non-hydrogen) atoms. The Hall–Kier alpha value is -3.60. The predicted molar refractivity (Wildman–Crippen MR) is 113 cm³/mol. The van der Waals surface area contributed by atoms with Crippen LogP contribution in [0.15, 0.2) is 72.9 Å². The van der Waals surface area contributed by atoms with Crippen molar-refractivity contribution in [3.63, 3.8) is 0 Å². The van der Waals surface area contributed by atoms with E-state index in [1.807, 2.05) is 73.7 Å². The van der Waals surface area contributed by atoms with Gasteiger partial charge in [-0.1, -0.05) is 60.7 Å². The van der Waals surface area contributed by atoms with Gasteiger partial charge in [0.2, 0.25) is 0 Å². The fraction of sp³-hybridized carbons (Fsp3) is 0.167. The minimum atomic E-state index is -0.428. The number of ether oxygens (including phenoxy) is 1. The topological polar surface area (TPSA) is 71.2 Å². The van der Waals surface area contributed by atoms with Crippen LogP contribution >= 0.6 is 0 Å². The Balaban J connectivity index is 1.34. The number of H-pyrrole nitrogens is 1. The van der Waals surface area contributed by atoms with Crippen LogP contribution in [0.3, 0.4) is 0 Å². The van der Waals surface area contributed by atoms with Crippen LogP contribution in [0.4, 0.5) is 0 Å². The summed E-state index contributed by atoms with van der Waals surface area (Å²) in [6.45, 7) is 1.63. The van der Waals surface area contributed by atoms with Gasteiger partial charge in [-0.15, -0.1) is 0 Å². The molecule has 0 unspecified atom stereocenters. The standard InChI is InChI=1S/C24H22N2O3/c1-16(19-11-6-8-17-7-2-3-9-20(17)19)26-23(27)15-29-24(28)13-18-14-25-22-12-5-4-10-21(18)22/h2-12,14,16,25H,13,15H2,1H3,(H,26,27)/t16-/m1/s1. The van der Waals surface area contributed by atoms with E-state index in [-0.39, 0.29) is 25.0 Å². The number of carbonyl (C=O) groups is 2. The highest BCUT2D eigenvalue weighted by Crippen LogP contribution is 2.24. The number of para-hydroxylation sites is 1. The number of aromatic amines is 1. The zero-order valence-corrected chi connectivity index (χ0v) is 16.1. The molecule has 0 aliphatic carbocycles. The summed E-state index contributed by atoms with van der Waals surface area (Å²) >= 11 is 0. The maximum atomic E-state index is 12.3. The molecule has 0 bridgehead atoms. The molecule has 1 aromatic heterocycles. The van der Waals surface area contributed by atoms with Crippen molar-refractivity contribution >= 4 is 33.6 Å². The minimum absolute atomic E-state index is 0.121. The molecule has 0 saturated carbocycles. The molecule has 2 N–H and O–H groups in total. The molecule has 0 spiro atoms. The molecule has 1 heterocycles. The molecule has 3 aromatic carbocycles. The van der Waals surface area contributed by atoms with Gasteiger partial charge < -0.3 is 15.0 Å². The van der Waals surface area contributed by atoms with Gasteiger partial charge in [-0.25, -0.2) is 0 Å². The number of nitrogens with one attached hydrogen (secondary N) is 2. The third kappa shape index (κ3) is 4.14. The molecule has 4 rings (SSSR count). The highest BCUT2D eigenvalue weighted by molar-refractivity contribution is 5.89. The van der Waals surface area contributed by atoms with Crippen molar-refractivity contribution in [2.45, 2.75) is 19.4 Å². The molecule has 0 radical (unpaired) electrons. The Labute approximate surface area is 168 Å². The average Bonchev–Trinajstić information content (AvgIpc) is 3.14. The Bertz CT molecular complexity index is 1170. The molecular formula is C24H22N2O3. The van der Waals surface area contributed by atoms with Gasteiger partial charge in [0, 0.05) is 17.1 Å². The third-order valence-corrected chi connectivity index (χ3v) is 5.04. The SMILES string of the molecule is C[C@@H](NC(=O)COC(=O)Cc1c[nH]c2ccccc12)c1cccc2ccccc12. The fourth-order valence-electron chi connectivity index (χ4n) is 3.62. The maximum absolute atomic E-state index is 12.3. The average molecular weight is 386 g/mol. The van der Waals surface area contributed by atoms with Crippen molar-refractivity contribution in [2.75, 3.05) is 6.61 Å². The van der Waals surface area contributed by atoms with Crippen LogP contribution in [0.1, 0.15) is 24.1 Å². The van der Waals surface area contributed by atoms with Gasteiger partial charge in [-0.05, 0) is 34.9 Å². The van der Waals surface area contributed by atoms with E-state index in [4.69, 9.17) is 4.74 Å². The molecular weight excluding hydrogens is 364 g/mol. The number of aromatic nitrogens is 1. The van der Waals surface area contributed by atoms with E-state index in [0.29, 0.717) is 0 Å². The van der Waals surface area contributed by atoms with Crippen molar-refractivity contribution in [2.24, 2.45) is 0 Å². The Morgan fingerprint density at radius 1 is 0.966 bits per heavy atom. The number of esters is 1. The lowest BCUT2D eigenvalue weighted by molar-refractivity contribution is -0.148. The van der Waals surface area contributed by atoms with E-state index >= 15 is 0 Å². The molecule has 1 atom stereocenters. The first-order valence-electron chi connectivity index (χ1n) is 9.59. The first kappa shape index (κ1) is 18.7. The van der Waals surface area contributed by atoms with Crippen LogP contribution in [-0.4, -0.2) is 23.5 Å². The van der Waals surface area contributed by atoms with Crippen LogP contribution in [0.2, 0.25) is 0 Å². The van der Waals surface area contributed by atoms with Crippen LogP contribution < -0.4 is 5.32 Å². The summed E-state index contributed by atoms with van der Waals surface area (Å²) in [7, 11) is 0. The lowest BCUT2D eigenvalue weighted by Gasteiger charge is -2.16. The predicted octanol–water partition coefficient (Wildman–Crippen LogP) is 4.28.